The summed E-state index contributed by atoms with van der Waals surface area (Å²) < 4.78 is 28.7. The molecule has 0 atom stereocenters. The van der Waals surface area contributed by atoms with Crippen LogP contribution in [0.5, 0.6) is 0 Å². The van der Waals surface area contributed by atoms with E-state index in [0.717, 1.165) is 12.8 Å². The Morgan fingerprint density at radius 3 is 2.85 bits per heavy atom. The lowest BCUT2D eigenvalue weighted by Crippen LogP contribution is -2.38. The van der Waals surface area contributed by atoms with Crippen LogP contribution in [0.2, 0.25) is 5.02 Å². The van der Waals surface area contributed by atoms with Gasteiger partial charge >= 0.3 is 0 Å². The Kier molecular flexibility index (Phi) is 6.76. The van der Waals surface area contributed by atoms with Gasteiger partial charge in [-0.2, -0.15) is 4.98 Å². The maximum absolute atomic E-state index is 13.3. The Morgan fingerprint density at radius 2 is 2.15 bits per heavy atom. The van der Waals surface area contributed by atoms with E-state index in [1.54, 1.807) is 12.0 Å². The summed E-state index contributed by atoms with van der Waals surface area (Å²) in [6, 6.07) is 4.02. The van der Waals surface area contributed by atoms with Gasteiger partial charge in [0.05, 0.1) is 18.2 Å². The summed E-state index contributed by atoms with van der Waals surface area (Å²) in [5, 5.41) is 3.98. The molecule has 0 unspecified atom stereocenters. The van der Waals surface area contributed by atoms with Crippen LogP contribution in [0.25, 0.3) is 0 Å². The molecule has 3 rings (SSSR count). The molecule has 1 aromatic heterocycles. The van der Waals surface area contributed by atoms with Crippen LogP contribution in [0.15, 0.2) is 22.7 Å². The number of ether oxygens (including phenoxy) is 2. The molecule has 0 aliphatic carbocycles. The van der Waals surface area contributed by atoms with Crippen molar-refractivity contribution in [1.82, 2.24) is 15.0 Å². The summed E-state index contributed by atoms with van der Waals surface area (Å²) in [5.41, 5.74) is 0.384. The van der Waals surface area contributed by atoms with Gasteiger partial charge < -0.3 is 18.9 Å². The first-order chi connectivity index (χ1) is 13.1. The van der Waals surface area contributed by atoms with E-state index in [1.165, 1.54) is 18.2 Å². The molecule has 2 heterocycles. The molecule has 9 heteroatoms. The number of hydrogen-bond donors (Lipinski definition) is 0. The molecule has 1 aliphatic rings. The van der Waals surface area contributed by atoms with Crippen molar-refractivity contribution in [2.24, 2.45) is 0 Å². The van der Waals surface area contributed by atoms with Crippen LogP contribution in [0.4, 0.5) is 4.39 Å². The minimum absolute atomic E-state index is 0.0530. The molecule has 7 nitrogen and oxygen atoms in total. The van der Waals surface area contributed by atoms with E-state index in [1.807, 2.05) is 0 Å². The van der Waals surface area contributed by atoms with E-state index >= 15 is 0 Å². The number of halogens is 2. The summed E-state index contributed by atoms with van der Waals surface area (Å²) in [4.78, 5) is 18.7. The van der Waals surface area contributed by atoms with Gasteiger partial charge in [0.15, 0.2) is 5.82 Å². The lowest BCUT2D eigenvalue weighted by Gasteiger charge is -2.30. The van der Waals surface area contributed by atoms with E-state index in [-0.39, 0.29) is 23.5 Å². The predicted octanol–water partition coefficient (Wildman–Crippen LogP) is 3.04. The Labute approximate surface area is 161 Å². The van der Waals surface area contributed by atoms with Crippen molar-refractivity contribution >= 4 is 17.5 Å². The van der Waals surface area contributed by atoms with Crippen molar-refractivity contribution in [1.29, 1.82) is 0 Å². The van der Waals surface area contributed by atoms with Crippen molar-refractivity contribution < 1.29 is 23.2 Å². The standard InChI is InChI=1S/C18H21ClFN3O4/c1-25-8-9-26-11-16-21-17(22-27-16)12-4-6-23(7-5-12)18(24)13-2-3-15(20)14(19)10-13/h2-3,10,12H,4-9,11H2,1H3. The Balaban J connectivity index is 1.52. The summed E-state index contributed by atoms with van der Waals surface area (Å²) in [7, 11) is 1.61. The lowest BCUT2D eigenvalue weighted by atomic mass is 9.95. The number of carbonyl (C=O) groups is 1. The number of amides is 1. The molecule has 1 amide bonds. The largest absolute Gasteiger partial charge is 0.382 e. The number of piperidine rings is 1. The van der Waals surface area contributed by atoms with Crippen LogP contribution in [-0.2, 0) is 16.1 Å². The molecule has 1 aliphatic heterocycles. The number of carbonyl (C=O) groups excluding carboxylic acids is 1. The number of likely N-dealkylation sites (tertiary alicyclic amines) is 1. The second-order valence-electron chi connectivity index (χ2n) is 6.29. The number of benzene rings is 1. The minimum atomic E-state index is -0.536. The highest BCUT2D eigenvalue weighted by Gasteiger charge is 2.27. The monoisotopic (exact) mass is 397 g/mol. The second kappa shape index (κ2) is 9.25. The third-order valence-electron chi connectivity index (χ3n) is 4.46. The average Bonchev–Trinajstić information content (AvgIpc) is 3.16. The van der Waals surface area contributed by atoms with Gasteiger partial charge in [-0.05, 0) is 31.0 Å². The molecule has 0 spiro atoms. The first kappa shape index (κ1) is 19.7. The zero-order valence-electron chi connectivity index (χ0n) is 15.0. The van der Waals surface area contributed by atoms with Crippen LogP contribution in [0.3, 0.4) is 0 Å². The van der Waals surface area contributed by atoms with Crippen LogP contribution >= 0.6 is 11.6 Å². The quantitative estimate of drug-likeness (QED) is 0.668. The summed E-state index contributed by atoms with van der Waals surface area (Å²) >= 11 is 5.77. The van der Waals surface area contributed by atoms with E-state index in [4.69, 9.17) is 25.6 Å². The molecular formula is C18H21ClFN3O4. The smallest absolute Gasteiger partial charge is 0.253 e. The molecule has 146 valence electrons. The minimum Gasteiger partial charge on any atom is -0.382 e. The second-order valence-corrected chi connectivity index (χ2v) is 6.69. The van der Waals surface area contributed by atoms with Crippen molar-refractivity contribution in [3.05, 3.63) is 46.3 Å². The first-order valence-corrected chi connectivity index (χ1v) is 9.09. The third kappa shape index (κ3) is 5.03. The fourth-order valence-electron chi connectivity index (χ4n) is 2.95. The fraction of sp³-hybridized carbons (Fsp3) is 0.500. The maximum Gasteiger partial charge on any atom is 0.253 e. The zero-order valence-corrected chi connectivity index (χ0v) is 15.7. The van der Waals surface area contributed by atoms with E-state index in [9.17, 15) is 9.18 Å². The van der Waals surface area contributed by atoms with Crippen LogP contribution in [0.1, 0.15) is 40.8 Å². The molecule has 0 radical (unpaired) electrons. The van der Waals surface area contributed by atoms with E-state index in [0.29, 0.717) is 43.6 Å². The van der Waals surface area contributed by atoms with Crippen LogP contribution in [-0.4, -0.2) is 54.4 Å². The van der Waals surface area contributed by atoms with Crippen LogP contribution in [0, 0.1) is 5.82 Å². The molecule has 0 saturated carbocycles. The van der Waals surface area contributed by atoms with E-state index < -0.39 is 5.82 Å². The maximum atomic E-state index is 13.3. The summed E-state index contributed by atoms with van der Waals surface area (Å²) in [5.74, 6) is 0.502. The van der Waals surface area contributed by atoms with Gasteiger partial charge in [0.25, 0.3) is 11.8 Å². The number of nitrogens with zero attached hydrogens (tertiary/aromatic N) is 3. The van der Waals surface area contributed by atoms with Gasteiger partial charge in [0.1, 0.15) is 12.4 Å². The Morgan fingerprint density at radius 1 is 1.37 bits per heavy atom. The Bertz CT molecular complexity index is 778. The number of hydrogen-bond acceptors (Lipinski definition) is 6. The molecule has 0 bridgehead atoms. The molecule has 27 heavy (non-hydrogen) atoms. The van der Waals surface area contributed by atoms with Gasteiger partial charge in [-0.15, -0.1) is 0 Å². The summed E-state index contributed by atoms with van der Waals surface area (Å²) in [6.07, 6.45) is 1.45. The highest BCUT2D eigenvalue weighted by atomic mass is 35.5. The lowest BCUT2D eigenvalue weighted by molar-refractivity contribution is 0.0494. The first-order valence-electron chi connectivity index (χ1n) is 8.72. The van der Waals surface area contributed by atoms with E-state index in [2.05, 4.69) is 10.1 Å². The van der Waals surface area contributed by atoms with Gasteiger partial charge in [-0.1, -0.05) is 16.8 Å². The SMILES string of the molecule is COCCOCc1nc(C2CCN(C(=O)c3ccc(F)c(Cl)c3)CC2)no1. The zero-order chi connectivity index (χ0) is 19.2. The predicted molar refractivity (Wildman–Crippen MR) is 95.1 cm³/mol. The molecule has 1 aromatic carbocycles. The van der Waals surface area contributed by atoms with Gasteiger partial charge in [0, 0.05) is 31.7 Å². The van der Waals surface area contributed by atoms with Gasteiger partial charge in [0.2, 0.25) is 0 Å². The normalized spacial score (nSPS) is 15.3. The fourth-order valence-corrected chi connectivity index (χ4v) is 3.13. The topological polar surface area (TPSA) is 77.7 Å². The van der Waals surface area contributed by atoms with Gasteiger partial charge in [-0.3, -0.25) is 4.79 Å². The molecular weight excluding hydrogens is 377 g/mol. The van der Waals surface area contributed by atoms with Crippen molar-refractivity contribution in [3.63, 3.8) is 0 Å². The van der Waals surface area contributed by atoms with Crippen molar-refractivity contribution in [3.8, 4) is 0 Å². The number of aromatic nitrogens is 2. The number of rotatable bonds is 7. The molecule has 1 saturated heterocycles. The Hall–Kier alpha value is -2.03. The third-order valence-corrected chi connectivity index (χ3v) is 4.74. The summed E-state index contributed by atoms with van der Waals surface area (Å²) in [6.45, 7) is 2.34. The molecule has 1 fully saturated rings. The van der Waals surface area contributed by atoms with Crippen molar-refractivity contribution in [2.45, 2.75) is 25.4 Å². The highest BCUT2D eigenvalue weighted by molar-refractivity contribution is 6.31. The van der Waals surface area contributed by atoms with Crippen molar-refractivity contribution in [2.75, 3.05) is 33.4 Å². The average molecular weight is 398 g/mol. The van der Waals surface area contributed by atoms with Crippen LogP contribution < -0.4 is 0 Å². The highest BCUT2D eigenvalue weighted by Crippen LogP contribution is 2.27. The number of methoxy groups -OCH3 is 1. The van der Waals surface area contributed by atoms with Gasteiger partial charge in [-0.25, -0.2) is 4.39 Å². The molecule has 0 N–H and O–H groups in total. The molecule has 2 aromatic rings.